The van der Waals surface area contributed by atoms with Gasteiger partial charge in [0.25, 0.3) is 5.91 Å². The number of benzene rings is 2. The van der Waals surface area contributed by atoms with Crippen molar-refractivity contribution in [3.8, 4) is 11.5 Å². The van der Waals surface area contributed by atoms with E-state index in [1.54, 1.807) is 53.2 Å². The van der Waals surface area contributed by atoms with Gasteiger partial charge in [0.1, 0.15) is 5.82 Å². The molecule has 1 fully saturated rings. The molecule has 3 aromatic rings. The first kappa shape index (κ1) is 26.6. The molecule has 0 atom stereocenters. The van der Waals surface area contributed by atoms with Gasteiger partial charge in [-0.1, -0.05) is 31.5 Å². The third kappa shape index (κ3) is 6.26. The molecule has 0 bridgehead atoms. The number of aromatic nitrogens is 2. The number of piperidine rings is 1. The van der Waals surface area contributed by atoms with Crippen molar-refractivity contribution >= 4 is 5.91 Å². The molecule has 2 aromatic carbocycles. The van der Waals surface area contributed by atoms with Gasteiger partial charge in [-0.25, -0.2) is 4.98 Å². The van der Waals surface area contributed by atoms with Crippen LogP contribution >= 0.6 is 0 Å². The fourth-order valence-corrected chi connectivity index (χ4v) is 4.70. The van der Waals surface area contributed by atoms with Crippen molar-refractivity contribution < 1.29 is 27.4 Å². The zero-order chi connectivity index (χ0) is 26.4. The molecule has 1 saturated heterocycles. The summed E-state index contributed by atoms with van der Waals surface area (Å²) in [6.45, 7) is 3.80. The monoisotopic (exact) mass is 515 g/mol. The van der Waals surface area contributed by atoms with Crippen LogP contribution in [0.4, 0.5) is 13.2 Å². The number of ether oxygens (including phenoxy) is 2. The van der Waals surface area contributed by atoms with Crippen LogP contribution in [0, 0.1) is 0 Å². The molecule has 1 aliphatic rings. The van der Waals surface area contributed by atoms with Crippen molar-refractivity contribution in [2.75, 3.05) is 26.8 Å². The Hall–Kier alpha value is -3.49. The van der Waals surface area contributed by atoms with Crippen molar-refractivity contribution in [3.63, 3.8) is 0 Å². The molecule has 0 radical (unpaired) electrons. The van der Waals surface area contributed by atoms with Gasteiger partial charge in [-0.05, 0) is 49.1 Å². The van der Waals surface area contributed by atoms with E-state index in [-0.39, 0.29) is 23.9 Å². The largest absolute Gasteiger partial charge is 0.493 e. The average Bonchev–Trinajstić information content (AvgIpc) is 3.36. The summed E-state index contributed by atoms with van der Waals surface area (Å²) in [7, 11) is 1.57. The molecule has 0 aliphatic carbocycles. The SMILES string of the molecule is CCCCOc1cc(C(=O)N2CCC(c3nccn3Cc3ccccc3C(F)(F)F)CC2)ccc1OC. The van der Waals surface area contributed by atoms with Crippen molar-refractivity contribution in [1.29, 1.82) is 0 Å². The van der Waals surface area contributed by atoms with E-state index in [1.807, 2.05) is 0 Å². The highest BCUT2D eigenvalue weighted by Gasteiger charge is 2.33. The van der Waals surface area contributed by atoms with E-state index < -0.39 is 11.7 Å². The van der Waals surface area contributed by atoms with Crippen LogP contribution in [-0.4, -0.2) is 47.2 Å². The minimum atomic E-state index is -4.41. The summed E-state index contributed by atoms with van der Waals surface area (Å²) in [6.07, 6.45) is 2.21. The highest BCUT2D eigenvalue weighted by atomic mass is 19.4. The molecule has 1 aliphatic heterocycles. The van der Waals surface area contributed by atoms with Crippen LogP contribution in [0.3, 0.4) is 0 Å². The van der Waals surface area contributed by atoms with Crippen molar-refractivity contribution in [2.45, 2.75) is 51.2 Å². The summed E-state index contributed by atoms with van der Waals surface area (Å²) in [5.74, 6) is 1.87. The number of amides is 1. The maximum absolute atomic E-state index is 13.5. The molecule has 2 heterocycles. The predicted molar refractivity (Wildman–Crippen MR) is 134 cm³/mol. The lowest BCUT2D eigenvalue weighted by atomic mass is 9.95. The third-order valence-corrected chi connectivity index (χ3v) is 6.72. The van der Waals surface area contributed by atoms with E-state index in [2.05, 4.69) is 11.9 Å². The molecule has 0 saturated carbocycles. The minimum Gasteiger partial charge on any atom is -0.493 e. The number of rotatable bonds is 9. The second-order valence-electron chi connectivity index (χ2n) is 9.20. The quantitative estimate of drug-likeness (QED) is 0.321. The first-order chi connectivity index (χ1) is 17.8. The molecule has 0 spiro atoms. The molecule has 6 nitrogen and oxygen atoms in total. The Kier molecular flexibility index (Phi) is 8.41. The molecule has 4 rings (SSSR count). The number of carbonyl (C=O) groups is 1. The number of unbranched alkanes of at least 4 members (excludes halogenated alkanes) is 1. The molecule has 9 heteroatoms. The van der Waals surface area contributed by atoms with E-state index in [4.69, 9.17) is 9.47 Å². The average molecular weight is 516 g/mol. The Labute approximate surface area is 215 Å². The van der Waals surface area contributed by atoms with Crippen LogP contribution in [0.15, 0.2) is 54.9 Å². The van der Waals surface area contributed by atoms with Gasteiger partial charge < -0.3 is 18.9 Å². The van der Waals surface area contributed by atoms with Crippen molar-refractivity contribution in [2.24, 2.45) is 0 Å². The summed E-state index contributed by atoms with van der Waals surface area (Å²) in [5, 5.41) is 0. The number of carbonyl (C=O) groups excluding carboxylic acids is 1. The van der Waals surface area contributed by atoms with Gasteiger partial charge in [0.15, 0.2) is 11.5 Å². The molecule has 0 N–H and O–H groups in total. The Bertz CT molecular complexity index is 1200. The minimum absolute atomic E-state index is 0.0564. The molecular formula is C28H32F3N3O3. The molecule has 198 valence electrons. The number of nitrogens with zero attached hydrogens (tertiary/aromatic N) is 3. The lowest BCUT2D eigenvalue weighted by Crippen LogP contribution is -2.38. The fraction of sp³-hybridized carbons (Fsp3) is 0.429. The lowest BCUT2D eigenvalue weighted by molar-refractivity contribution is -0.138. The molecule has 37 heavy (non-hydrogen) atoms. The van der Waals surface area contributed by atoms with Crippen molar-refractivity contribution in [3.05, 3.63) is 77.4 Å². The highest BCUT2D eigenvalue weighted by molar-refractivity contribution is 5.95. The van der Waals surface area contributed by atoms with E-state index in [0.717, 1.165) is 24.7 Å². The lowest BCUT2D eigenvalue weighted by Gasteiger charge is -2.32. The van der Waals surface area contributed by atoms with Gasteiger partial charge in [-0.3, -0.25) is 4.79 Å². The Morgan fingerprint density at radius 1 is 1.11 bits per heavy atom. The molecule has 1 aromatic heterocycles. The van der Waals surface area contributed by atoms with E-state index in [0.29, 0.717) is 49.6 Å². The van der Waals surface area contributed by atoms with Crippen LogP contribution in [-0.2, 0) is 12.7 Å². The number of hydrogen-bond acceptors (Lipinski definition) is 4. The van der Waals surface area contributed by atoms with Gasteiger partial charge >= 0.3 is 6.18 Å². The van der Waals surface area contributed by atoms with E-state index >= 15 is 0 Å². The first-order valence-electron chi connectivity index (χ1n) is 12.6. The van der Waals surface area contributed by atoms with Crippen molar-refractivity contribution in [1.82, 2.24) is 14.5 Å². The maximum atomic E-state index is 13.5. The molecule has 0 unspecified atom stereocenters. The standard InChI is InChI=1S/C28H32F3N3O3/c1-3-4-17-37-25-18-21(9-10-24(25)36-2)27(35)33-14-11-20(12-15-33)26-32-13-16-34(26)19-22-7-5-6-8-23(22)28(29,30)31/h5-10,13,16,18,20H,3-4,11-12,14-15,17,19H2,1-2H3. The second kappa shape index (κ2) is 11.7. The number of halogens is 3. The zero-order valence-corrected chi connectivity index (χ0v) is 21.1. The Morgan fingerprint density at radius 2 is 1.86 bits per heavy atom. The van der Waals surface area contributed by atoms with Crippen LogP contribution in [0.1, 0.15) is 65.8 Å². The fourth-order valence-electron chi connectivity index (χ4n) is 4.70. The zero-order valence-electron chi connectivity index (χ0n) is 21.1. The van der Waals surface area contributed by atoms with E-state index in [9.17, 15) is 18.0 Å². The highest BCUT2D eigenvalue weighted by Crippen LogP contribution is 2.34. The van der Waals surface area contributed by atoms with Crippen LogP contribution in [0.5, 0.6) is 11.5 Å². The van der Waals surface area contributed by atoms with Crippen LogP contribution in [0.25, 0.3) is 0 Å². The number of hydrogen-bond donors (Lipinski definition) is 0. The second-order valence-corrected chi connectivity index (χ2v) is 9.20. The number of alkyl halides is 3. The number of imidazole rings is 1. The Balaban J connectivity index is 1.42. The normalized spacial score (nSPS) is 14.6. The van der Waals surface area contributed by atoms with Crippen LogP contribution < -0.4 is 9.47 Å². The van der Waals surface area contributed by atoms with Gasteiger partial charge in [-0.2, -0.15) is 13.2 Å². The van der Waals surface area contributed by atoms with Gasteiger partial charge in [0, 0.05) is 43.5 Å². The predicted octanol–water partition coefficient (Wildman–Crippen LogP) is 6.16. The first-order valence-corrected chi connectivity index (χ1v) is 12.6. The number of methoxy groups -OCH3 is 1. The topological polar surface area (TPSA) is 56.6 Å². The van der Waals surface area contributed by atoms with Gasteiger partial charge in [0.2, 0.25) is 0 Å². The number of likely N-dealkylation sites (tertiary alicyclic amines) is 1. The summed E-state index contributed by atoms with van der Waals surface area (Å²) in [6, 6.07) is 10.8. The van der Waals surface area contributed by atoms with Gasteiger partial charge in [0.05, 0.1) is 19.3 Å². The summed E-state index contributed by atoms with van der Waals surface area (Å²) < 4.78 is 53.4. The summed E-state index contributed by atoms with van der Waals surface area (Å²) in [4.78, 5) is 19.5. The molecule has 1 amide bonds. The van der Waals surface area contributed by atoms with Crippen LogP contribution in [0.2, 0.25) is 0 Å². The Morgan fingerprint density at radius 3 is 2.57 bits per heavy atom. The van der Waals surface area contributed by atoms with E-state index in [1.165, 1.54) is 12.1 Å². The van der Waals surface area contributed by atoms with Gasteiger partial charge in [-0.15, -0.1) is 0 Å². The maximum Gasteiger partial charge on any atom is 0.416 e. The summed E-state index contributed by atoms with van der Waals surface area (Å²) in [5.41, 5.74) is 0.113. The molecular weight excluding hydrogens is 483 g/mol. The summed E-state index contributed by atoms with van der Waals surface area (Å²) >= 11 is 0. The third-order valence-electron chi connectivity index (χ3n) is 6.72. The smallest absolute Gasteiger partial charge is 0.416 e.